The van der Waals surface area contributed by atoms with Crippen LogP contribution in [0.4, 0.5) is 34.1 Å². The number of anilines is 6. The minimum Gasteiger partial charge on any atom is -0.310 e. The number of hydrogen-bond donors (Lipinski definition) is 0. The standard InChI is InChI=1S/C86H58N4/c1-7-24-59(25-8-1)63-42-46-83-75(54-63)76-55-64(60-26-9-2-10-27-60)43-47-84(76)89(83)81-52-50-79(71-38-19-21-40-73(71)81)87(67-32-15-5-16-33-67)69-36-23-37-70(58-69)88(68-34-17-6-18-35-68)80-51-53-82(74-41-22-20-39-72(74)80)90-85-48-44-65(61-28-11-3-12-29-61)56-77(85)78-57-66(45-49-86(78)90)62-30-13-4-14-31-62/h1-58H. The highest BCUT2D eigenvalue weighted by atomic mass is 15.2. The fourth-order valence-corrected chi connectivity index (χ4v) is 13.9. The molecule has 15 aromatic carbocycles. The molecule has 0 radical (unpaired) electrons. The summed E-state index contributed by atoms with van der Waals surface area (Å²) in [4.78, 5) is 4.86. The summed E-state index contributed by atoms with van der Waals surface area (Å²) in [6.07, 6.45) is 0. The third kappa shape index (κ3) is 9.00. The summed E-state index contributed by atoms with van der Waals surface area (Å²) < 4.78 is 4.96. The molecule has 0 atom stereocenters. The van der Waals surface area contributed by atoms with Crippen LogP contribution in [0.1, 0.15) is 0 Å². The number of aromatic nitrogens is 2. The molecule has 0 fully saturated rings. The van der Waals surface area contributed by atoms with Crippen LogP contribution in [0.25, 0.3) is 121 Å². The molecule has 0 N–H and O–H groups in total. The van der Waals surface area contributed by atoms with Crippen LogP contribution >= 0.6 is 0 Å². The molecule has 2 aromatic heterocycles. The summed E-state index contributed by atoms with van der Waals surface area (Å²) >= 11 is 0. The first kappa shape index (κ1) is 52.4. The van der Waals surface area contributed by atoms with E-state index in [2.05, 4.69) is 371 Å². The summed E-state index contributed by atoms with van der Waals surface area (Å²) in [5.74, 6) is 0. The Labute approximate surface area is 522 Å². The zero-order valence-electron chi connectivity index (χ0n) is 49.3. The van der Waals surface area contributed by atoms with Crippen molar-refractivity contribution >= 4 is 99.3 Å². The third-order valence-electron chi connectivity index (χ3n) is 18.1. The molecule has 17 aromatic rings. The van der Waals surface area contributed by atoms with E-state index in [9.17, 15) is 0 Å². The molecule has 4 nitrogen and oxygen atoms in total. The molecule has 422 valence electrons. The number of fused-ring (bicyclic) bond motifs is 8. The molecule has 0 unspecified atom stereocenters. The van der Waals surface area contributed by atoms with Gasteiger partial charge in [0.15, 0.2) is 0 Å². The van der Waals surface area contributed by atoms with Crippen LogP contribution in [0.15, 0.2) is 352 Å². The lowest BCUT2D eigenvalue weighted by Crippen LogP contribution is -2.14. The third-order valence-corrected chi connectivity index (χ3v) is 18.1. The van der Waals surface area contributed by atoms with Crippen LogP contribution in [0.3, 0.4) is 0 Å². The molecule has 0 amide bonds. The van der Waals surface area contributed by atoms with Crippen LogP contribution in [-0.4, -0.2) is 9.13 Å². The van der Waals surface area contributed by atoms with E-state index in [0.717, 1.165) is 89.1 Å². The van der Waals surface area contributed by atoms with Gasteiger partial charge in [-0.25, -0.2) is 0 Å². The van der Waals surface area contributed by atoms with E-state index >= 15 is 0 Å². The Morgan fingerprint density at radius 2 is 0.433 bits per heavy atom. The van der Waals surface area contributed by atoms with Gasteiger partial charge in [0.2, 0.25) is 0 Å². The van der Waals surface area contributed by atoms with Gasteiger partial charge in [0.05, 0.1) is 44.8 Å². The van der Waals surface area contributed by atoms with Gasteiger partial charge in [0.25, 0.3) is 0 Å². The highest BCUT2D eigenvalue weighted by Crippen LogP contribution is 2.48. The molecule has 0 spiro atoms. The zero-order valence-corrected chi connectivity index (χ0v) is 49.3. The van der Waals surface area contributed by atoms with E-state index in [4.69, 9.17) is 0 Å². The van der Waals surface area contributed by atoms with E-state index in [1.807, 2.05) is 0 Å². The van der Waals surface area contributed by atoms with E-state index in [1.165, 1.54) is 66.1 Å². The van der Waals surface area contributed by atoms with Crippen LogP contribution < -0.4 is 9.80 Å². The van der Waals surface area contributed by atoms with Crippen molar-refractivity contribution in [3.8, 4) is 55.9 Å². The maximum atomic E-state index is 2.48. The predicted octanol–water partition coefficient (Wildman–Crippen LogP) is 23.8. The summed E-state index contributed by atoms with van der Waals surface area (Å²) in [5.41, 5.74) is 22.8. The maximum Gasteiger partial charge on any atom is 0.0542 e. The van der Waals surface area contributed by atoms with Crippen molar-refractivity contribution in [2.75, 3.05) is 9.80 Å². The molecule has 0 bridgehead atoms. The lowest BCUT2D eigenvalue weighted by Gasteiger charge is -2.31. The second kappa shape index (κ2) is 22.1. The van der Waals surface area contributed by atoms with Gasteiger partial charge in [0, 0.05) is 65.8 Å². The number of para-hydroxylation sites is 2. The minimum absolute atomic E-state index is 1.03. The first-order chi connectivity index (χ1) is 44.7. The Morgan fingerprint density at radius 1 is 0.167 bits per heavy atom. The molecule has 0 aliphatic carbocycles. The van der Waals surface area contributed by atoms with Crippen molar-refractivity contribution in [2.45, 2.75) is 0 Å². The number of hydrogen-bond acceptors (Lipinski definition) is 2. The van der Waals surface area contributed by atoms with Gasteiger partial charge in [-0.2, -0.15) is 0 Å². The summed E-state index contributed by atoms with van der Waals surface area (Å²) in [6.45, 7) is 0. The van der Waals surface area contributed by atoms with Crippen molar-refractivity contribution in [1.29, 1.82) is 0 Å². The predicted molar refractivity (Wildman–Crippen MR) is 381 cm³/mol. The van der Waals surface area contributed by atoms with Gasteiger partial charge in [0.1, 0.15) is 0 Å². The molecule has 90 heavy (non-hydrogen) atoms. The van der Waals surface area contributed by atoms with Crippen LogP contribution in [0, 0.1) is 0 Å². The fourth-order valence-electron chi connectivity index (χ4n) is 13.9. The Hall–Kier alpha value is -12.0. The average molecular weight is 1150 g/mol. The lowest BCUT2D eigenvalue weighted by atomic mass is 10.0. The monoisotopic (exact) mass is 1150 g/mol. The van der Waals surface area contributed by atoms with E-state index in [1.54, 1.807) is 0 Å². The Balaban J connectivity index is 0.821. The molecule has 4 heteroatoms. The molecule has 0 saturated carbocycles. The molecule has 2 heterocycles. The van der Waals surface area contributed by atoms with Crippen LogP contribution in [0.2, 0.25) is 0 Å². The smallest absolute Gasteiger partial charge is 0.0542 e. The first-order valence-electron chi connectivity index (χ1n) is 30.9. The van der Waals surface area contributed by atoms with Gasteiger partial charge < -0.3 is 18.9 Å². The Kier molecular flexibility index (Phi) is 12.8. The topological polar surface area (TPSA) is 16.3 Å². The van der Waals surface area contributed by atoms with Gasteiger partial charge in [-0.1, -0.05) is 237 Å². The second-order valence-electron chi connectivity index (χ2n) is 23.2. The summed E-state index contributed by atoms with van der Waals surface area (Å²) in [5, 5.41) is 9.44. The van der Waals surface area contributed by atoms with Gasteiger partial charge in [-0.15, -0.1) is 0 Å². The summed E-state index contributed by atoms with van der Waals surface area (Å²) in [7, 11) is 0. The van der Waals surface area contributed by atoms with E-state index in [-0.39, 0.29) is 0 Å². The average Bonchev–Trinajstić information content (AvgIpc) is 1.62. The second-order valence-corrected chi connectivity index (χ2v) is 23.2. The Morgan fingerprint density at radius 3 is 0.744 bits per heavy atom. The zero-order chi connectivity index (χ0) is 59.5. The number of nitrogens with zero attached hydrogens (tertiary/aromatic N) is 4. The molecule has 0 saturated heterocycles. The van der Waals surface area contributed by atoms with Crippen molar-refractivity contribution in [3.05, 3.63) is 352 Å². The Bertz CT molecular complexity index is 4990. The van der Waals surface area contributed by atoms with E-state index in [0.29, 0.717) is 0 Å². The largest absolute Gasteiger partial charge is 0.310 e. The van der Waals surface area contributed by atoms with Crippen molar-refractivity contribution in [1.82, 2.24) is 9.13 Å². The normalized spacial score (nSPS) is 11.6. The van der Waals surface area contributed by atoms with Gasteiger partial charge in [-0.3, -0.25) is 0 Å². The maximum absolute atomic E-state index is 2.48. The minimum atomic E-state index is 1.03. The highest BCUT2D eigenvalue weighted by Gasteiger charge is 2.25. The van der Waals surface area contributed by atoms with Crippen molar-refractivity contribution in [3.63, 3.8) is 0 Å². The SMILES string of the molecule is c1ccc(-c2ccc3c(c2)c2cc(-c4ccccc4)ccc2n3-c2ccc(N(c3ccccc3)c3cccc(N(c4ccccc4)c4ccc(-n5c6ccc(-c7ccccc7)cc6c6cc(-c7ccccc7)ccc65)c5ccccc45)c3)c3ccccc23)cc1. The quantitative estimate of drug-likeness (QED) is 0.121. The lowest BCUT2D eigenvalue weighted by molar-refractivity contribution is 1.19. The summed E-state index contributed by atoms with van der Waals surface area (Å²) in [6, 6.07) is 129. The first-order valence-corrected chi connectivity index (χ1v) is 30.9. The molecule has 0 aliphatic rings. The van der Waals surface area contributed by atoms with Crippen LogP contribution in [-0.2, 0) is 0 Å². The van der Waals surface area contributed by atoms with Gasteiger partial charge >= 0.3 is 0 Å². The fraction of sp³-hybridized carbons (Fsp3) is 0. The van der Waals surface area contributed by atoms with Crippen molar-refractivity contribution < 1.29 is 0 Å². The highest BCUT2D eigenvalue weighted by molar-refractivity contribution is 6.16. The number of rotatable bonds is 12. The molecule has 0 aliphatic heterocycles. The molecule has 17 rings (SSSR count). The van der Waals surface area contributed by atoms with E-state index < -0.39 is 0 Å². The van der Waals surface area contributed by atoms with Crippen molar-refractivity contribution in [2.24, 2.45) is 0 Å². The molecular formula is C86H58N4. The molecular weight excluding hydrogens is 1090 g/mol. The number of benzene rings is 15. The van der Waals surface area contributed by atoms with Crippen LogP contribution in [0.5, 0.6) is 0 Å². The van der Waals surface area contributed by atoms with Gasteiger partial charge in [-0.05, 0) is 160 Å².